The van der Waals surface area contributed by atoms with Gasteiger partial charge in [-0.3, -0.25) is 9.48 Å². The molecule has 7 nitrogen and oxygen atoms in total. The monoisotopic (exact) mass is 439 g/mol. The van der Waals surface area contributed by atoms with Gasteiger partial charge in [0.2, 0.25) is 0 Å². The second kappa shape index (κ2) is 9.45. The van der Waals surface area contributed by atoms with Crippen LogP contribution in [0.15, 0.2) is 24.3 Å². The number of amides is 1. The number of esters is 1. The molecule has 4 rings (SSSR count). The van der Waals surface area contributed by atoms with Crippen molar-refractivity contribution in [3.05, 3.63) is 52.3 Å². The molecule has 1 N–H and O–H groups in total. The zero-order valence-electron chi connectivity index (χ0n) is 19.3. The van der Waals surface area contributed by atoms with Crippen molar-refractivity contribution in [3.8, 4) is 0 Å². The number of aryl methyl sites for hydroxylation is 2. The lowest BCUT2D eigenvalue weighted by molar-refractivity contribution is 0.0151. The van der Waals surface area contributed by atoms with Gasteiger partial charge in [-0.1, -0.05) is 31.5 Å². The Hall–Kier alpha value is -2.67. The molecular formula is C25H33N3O4. The molecule has 0 saturated carbocycles. The highest BCUT2D eigenvalue weighted by Gasteiger charge is 2.39. The first-order valence-corrected chi connectivity index (χ1v) is 11.6. The van der Waals surface area contributed by atoms with Crippen molar-refractivity contribution in [2.75, 3.05) is 26.4 Å². The topological polar surface area (TPSA) is 82.5 Å². The number of aromatic nitrogens is 2. The zero-order chi connectivity index (χ0) is 22.7. The van der Waals surface area contributed by atoms with E-state index in [-0.39, 0.29) is 23.2 Å². The maximum absolute atomic E-state index is 12.9. The van der Waals surface area contributed by atoms with Crippen LogP contribution < -0.4 is 5.32 Å². The molecule has 2 aliphatic heterocycles. The van der Waals surface area contributed by atoms with E-state index in [1.807, 2.05) is 43.7 Å². The molecule has 1 aromatic carbocycles. The zero-order valence-corrected chi connectivity index (χ0v) is 19.3. The average Bonchev–Trinajstić information content (AvgIpc) is 3.06. The molecule has 172 valence electrons. The summed E-state index contributed by atoms with van der Waals surface area (Å²) in [4.78, 5) is 25.4. The van der Waals surface area contributed by atoms with E-state index in [4.69, 9.17) is 14.6 Å². The lowest BCUT2D eigenvalue weighted by Gasteiger charge is -2.36. The number of rotatable bonds is 6. The first-order valence-electron chi connectivity index (χ1n) is 11.6. The van der Waals surface area contributed by atoms with E-state index in [0.717, 1.165) is 55.0 Å². The molecule has 1 atom stereocenters. The molecule has 1 spiro atoms. The lowest BCUT2D eigenvalue weighted by atomic mass is 9.76. The van der Waals surface area contributed by atoms with Crippen LogP contribution in [0.2, 0.25) is 0 Å². The molecule has 1 aromatic heterocycles. The first kappa shape index (κ1) is 22.5. The van der Waals surface area contributed by atoms with E-state index >= 15 is 0 Å². The van der Waals surface area contributed by atoms with Crippen LogP contribution in [0.1, 0.15) is 64.4 Å². The smallest absolute Gasteiger partial charge is 0.338 e. The van der Waals surface area contributed by atoms with Crippen LogP contribution in [-0.2, 0) is 28.9 Å². The van der Waals surface area contributed by atoms with Crippen molar-refractivity contribution in [1.29, 1.82) is 0 Å². The number of hydrogen-bond acceptors (Lipinski definition) is 5. The molecule has 7 heteroatoms. The summed E-state index contributed by atoms with van der Waals surface area (Å²) in [6, 6.07) is 7.42. The molecule has 0 radical (unpaired) electrons. The van der Waals surface area contributed by atoms with E-state index in [9.17, 15) is 9.59 Å². The van der Waals surface area contributed by atoms with E-state index in [2.05, 4.69) is 5.32 Å². The number of hydrogen-bond donors (Lipinski definition) is 1. The summed E-state index contributed by atoms with van der Waals surface area (Å²) in [5, 5.41) is 7.95. The molecule has 32 heavy (non-hydrogen) atoms. The Morgan fingerprint density at radius 3 is 2.84 bits per heavy atom. The van der Waals surface area contributed by atoms with Gasteiger partial charge in [0.15, 0.2) is 0 Å². The highest BCUT2D eigenvalue weighted by atomic mass is 16.5. The maximum Gasteiger partial charge on any atom is 0.338 e. The summed E-state index contributed by atoms with van der Waals surface area (Å²) in [5.41, 5.74) is 4.19. The van der Waals surface area contributed by atoms with Gasteiger partial charge in [-0.25, -0.2) is 4.79 Å². The molecular weight excluding hydrogens is 406 g/mol. The van der Waals surface area contributed by atoms with Crippen LogP contribution >= 0.6 is 0 Å². The summed E-state index contributed by atoms with van der Waals surface area (Å²) in [5.74, 6) is -0.269. The molecule has 1 fully saturated rings. The van der Waals surface area contributed by atoms with Gasteiger partial charge >= 0.3 is 5.97 Å². The largest absolute Gasteiger partial charge is 0.462 e. The van der Waals surface area contributed by atoms with Crippen LogP contribution in [0.4, 0.5) is 0 Å². The number of ether oxygens (including phenoxy) is 2. The predicted octanol–water partition coefficient (Wildman–Crippen LogP) is 3.33. The minimum atomic E-state index is -0.311. The number of carbonyl (C=O) groups excluding carboxylic acids is 2. The molecule has 3 heterocycles. The standard InChI is InChI=1S/C25H33N3O4/c1-4-20-22-21(13-25(16-26-23(22)29)8-10-31-11-9-25)28(27-20)14-18(3)15-32-24(30)19-7-5-6-17(2)12-19/h5-7,12,18H,4,8-11,13-16H2,1-3H3,(H,26,29)/t18-/m1/s1. The minimum Gasteiger partial charge on any atom is -0.462 e. The SMILES string of the molecule is CCc1nn(C[C@@H](C)COC(=O)c2cccc(C)c2)c2c1C(=O)NCC1(CCOCC1)C2. The second-order valence-corrected chi connectivity index (χ2v) is 9.35. The van der Waals surface area contributed by atoms with Crippen LogP contribution in [0, 0.1) is 18.3 Å². The Morgan fingerprint density at radius 2 is 2.12 bits per heavy atom. The fourth-order valence-electron chi connectivity index (χ4n) is 4.75. The Labute approximate surface area is 189 Å². The van der Waals surface area contributed by atoms with Gasteiger partial charge in [0.05, 0.1) is 29.1 Å². The summed E-state index contributed by atoms with van der Waals surface area (Å²) in [6.07, 6.45) is 3.38. The van der Waals surface area contributed by atoms with Crippen molar-refractivity contribution in [3.63, 3.8) is 0 Å². The highest BCUT2D eigenvalue weighted by Crippen LogP contribution is 2.37. The quantitative estimate of drug-likeness (QED) is 0.698. The van der Waals surface area contributed by atoms with Gasteiger partial charge in [-0.2, -0.15) is 5.10 Å². The summed E-state index contributed by atoms with van der Waals surface area (Å²) < 4.78 is 13.1. The fourth-order valence-corrected chi connectivity index (χ4v) is 4.75. The third-order valence-corrected chi connectivity index (χ3v) is 6.65. The van der Waals surface area contributed by atoms with E-state index in [0.29, 0.717) is 31.7 Å². The van der Waals surface area contributed by atoms with Crippen molar-refractivity contribution >= 4 is 11.9 Å². The predicted molar refractivity (Wildman–Crippen MR) is 121 cm³/mol. The van der Waals surface area contributed by atoms with Crippen molar-refractivity contribution < 1.29 is 19.1 Å². The number of nitrogens with zero attached hydrogens (tertiary/aromatic N) is 2. The van der Waals surface area contributed by atoms with Gasteiger partial charge in [0, 0.05) is 32.2 Å². The van der Waals surface area contributed by atoms with Gasteiger partial charge < -0.3 is 14.8 Å². The summed E-state index contributed by atoms with van der Waals surface area (Å²) in [7, 11) is 0. The summed E-state index contributed by atoms with van der Waals surface area (Å²) in [6.45, 7) is 9.06. The highest BCUT2D eigenvalue weighted by molar-refractivity contribution is 5.97. The molecule has 2 aliphatic rings. The van der Waals surface area contributed by atoms with Crippen LogP contribution in [0.3, 0.4) is 0 Å². The van der Waals surface area contributed by atoms with Crippen molar-refractivity contribution in [2.45, 2.75) is 53.0 Å². The van der Waals surface area contributed by atoms with Gasteiger partial charge in [0.1, 0.15) is 0 Å². The molecule has 0 bridgehead atoms. The molecule has 0 aliphatic carbocycles. The maximum atomic E-state index is 12.9. The Bertz CT molecular complexity index is 991. The second-order valence-electron chi connectivity index (χ2n) is 9.35. The minimum absolute atomic E-state index is 0.0167. The average molecular weight is 440 g/mol. The Kier molecular flexibility index (Phi) is 6.65. The number of carbonyl (C=O) groups is 2. The molecule has 0 unspecified atom stereocenters. The number of benzene rings is 1. The first-order chi connectivity index (χ1) is 15.4. The molecule has 2 aromatic rings. The summed E-state index contributed by atoms with van der Waals surface area (Å²) >= 11 is 0. The number of fused-ring (bicyclic) bond motifs is 1. The van der Waals surface area contributed by atoms with Gasteiger partial charge in [-0.15, -0.1) is 0 Å². The number of nitrogens with one attached hydrogen (secondary N) is 1. The van der Waals surface area contributed by atoms with E-state index in [1.54, 1.807) is 6.07 Å². The van der Waals surface area contributed by atoms with Gasteiger partial charge in [0.25, 0.3) is 5.91 Å². The van der Waals surface area contributed by atoms with Crippen LogP contribution in [-0.4, -0.2) is 48.0 Å². The third-order valence-electron chi connectivity index (χ3n) is 6.65. The van der Waals surface area contributed by atoms with E-state index < -0.39 is 0 Å². The van der Waals surface area contributed by atoms with Crippen LogP contribution in [0.5, 0.6) is 0 Å². The lowest BCUT2D eigenvalue weighted by Crippen LogP contribution is -2.41. The normalized spacial score (nSPS) is 18.5. The van der Waals surface area contributed by atoms with Crippen molar-refractivity contribution in [2.24, 2.45) is 11.3 Å². The molecule has 1 amide bonds. The fraction of sp³-hybridized carbons (Fsp3) is 0.560. The van der Waals surface area contributed by atoms with Gasteiger partial charge in [-0.05, 0) is 50.2 Å². The Morgan fingerprint density at radius 1 is 1.34 bits per heavy atom. The third kappa shape index (κ3) is 4.72. The Balaban J connectivity index is 1.50. The molecule has 1 saturated heterocycles. The van der Waals surface area contributed by atoms with Crippen molar-refractivity contribution in [1.82, 2.24) is 15.1 Å². The van der Waals surface area contributed by atoms with Crippen LogP contribution in [0.25, 0.3) is 0 Å². The van der Waals surface area contributed by atoms with E-state index in [1.165, 1.54) is 0 Å².